The first kappa shape index (κ1) is 23.3. The number of hydrogen-bond donors (Lipinski definition) is 1. The predicted molar refractivity (Wildman–Crippen MR) is 129 cm³/mol. The van der Waals surface area contributed by atoms with Crippen molar-refractivity contribution in [1.82, 2.24) is 9.78 Å². The molecule has 0 atom stereocenters. The average Bonchev–Trinajstić information content (AvgIpc) is 3.29. The minimum atomic E-state index is -5.16. The maximum atomic E-state index is 14.7. The summed E-state index contributed by atoms with van der Waals surface area (Å²) in [4.78, 5) is 11.6. The second kappa shape index (κ2) is 8.96. The van der Waals surface area contributed by atoms with E-state index in [0.717, 1.165) is 22.8 Å². The van der Waals surface area contributed by atoms with Crippen LogP contribution >= 0.6 is 0 Å². The third-order valence-electron chi connectivity index (χ3n) is 6.05. The lowest BCUT2D eigenvalue weighted by molar-refractivity contribution is -0.167. The van der Waals surface area contributed by atoms with Crippen LogP contribution in [-0.2, 0) is 10.3 Å². The van der Waals surface area contributed by atoms with Crippen LogP contribution in [0.1, 0.15) is 16.7 Å². The smallest absolute Gasteiger partial charge is 0.316 e. The second-order valence-corrected chi connectivity index (χ2v) is 8.21. The molecule has 0 unspecified atom stereocenters. The topological polar surface area (TPSA) is 46.9 Å². The number of halogens is 4. The molecule has 0 aliphatic carbocycles. The molecule has 8 heteroatoms. The molecule has 0 spiro atoms. The van der Waals surface area contributed by atoms with Gasteiger partial charge in [0.1, 0.15) is 11.4 Å². The Morgan fingerprint density at radius 3 is 1.67 bits per heavy atom. The highest BCUT2D eigenvalue weighted by Gasteiger charge is 2.41. The minimum Gasteiger partial charge on any atom is -0.316 e. The number of carbonyl (C=O) groups is 1. The number of hydrogen-bond acceptors (Lipinski definition) is 2. The third kappa shape index (κ3) is 3.90. The average molecular weight is 489 g/mol. The number of nitrogens with zero attached hydrogens (tertiary/aromatic N) is 2. The summed E-state index contributed by atoms with van der Waals surface area (Å²) < 4.78 is 55.1. The van der Waals surface area contributed by atoms with Crippen molar-refractivity contribution in [2.24, 2.45) is 0 Å². The van der Waals surface area contributed by atoms with Crippen LogP contribution in [0.3, 0.4) is 0 Å². The van der Waals surface area contributed by atoms with Crippen molar-refractivity contribution in [3.05, 3.63) is 132 Å². The molecular formula is C28H19F4N3O. The van der Waals surface area contributed by atoms with Crippen molar-refractivity contribution in [1.29, 1.82) is 0 Å². The molecule has 1 N–H and O–H groups in total. The number of benzene rings is 4. The zero-order valence-corrected chi connectivity index (χ0v) is 18.7. The summed E-state index contributed by atoms with van der Waals surface area (Å²) in [5.41, 5.74) is 1.18. The van der Waals surface area contributed by atoms with Crippen LogP contribution in [0.2, 0.25) is 0 Å². The highest BCUT2D eigenvalue weighted by Crippen LogP contribution is 2.42. The quantitative estimate of drug-likeness (QED) is 0.226. The Hall–Kier alpha value is -4.46. The van der Waals surface area contributed by atoms with Gasteiger partial charge in [0, 0.05) is 5.39 Å². The third-order valence-corrected chi connectivity index (χ3v) is 6.05. The van der Waals surface area contributed by atoms with Gasteiger partial charge in [-0.1, -0.05) is 91.0 Å². The van der Waals surface area contributed by atoms with Gasteiger partial charge in [0.25, 0.3) is 0 Å². The van der Waals surface area contributed by atoms with Crippen LogP contribution < -0.4 is 5.32 Å². The normalized spacial score (nSPS) is 12.0. The van der Waals surface area contributed by atoms with E-state index in [2.05, 4.69) is 5.10 Å². The lowest BCUT2D eigenvalue weighted by Crippen LogP contribution is -2.38. The van der Waals surface area contributed by atoms with Gasteiger partial charge in [-0.15, -0.1) is 0 Å². The summed E-state index contributed by atoms with van der Waals surface area (Å²) in [6.45, 7) is 0. The number of aromatic nitrogens is 2. The number of amides is 1. The molecule has 180 valence electrons. The van der Waals surface area contributed by atoms with Gasteiger partial charge in [-0.3, -0.25) is 4.79 Å². The fourth-order valence-electron chi connectivity index (χ4n) is 4.51. The van der Waals surface area contributed by atoms with Gasteiger partial charge in [-0.25, -0.2) is 9.07 Å². The van der Waals surface area contributed by atoms with Crippen molar-refractivity contribution >= 4 is 22.5 Å². The van der Waals surface area contributed by atoms with E-state index in [1.54, 1.807) is 10.00 Å². The summed E-state index contributed by atoms with van der Waals surface area (Å²) in [5, 5.41) is 6.64. The van der Waals surface area contributed by atoms with E-state index in [9.17, 15) is 22.4 Å². The van der Waals surface area contributed by atoms with Gasteiger partial charge >= 0.3 is 12.1 Å². The van der Waals surface area contributed by atoms with Crippen LogP contribution in [0.5, 0.6) is 0 Å². The van der Waals surface area contributed by atoms with E-state index in [1.165, 1.54) is 12.3 Å². The highest BCUT2D eigenvalue weighted by atomic mass is 19.4. The van der Waals surface area contributed by atoms with Crippen LogP contribution in [0, 0.1) is 5.82 Å². The van der Waals surface area contributed by atoms with Gasteiger partial charge in [-0.05, 0) is 28.8 Å². The molecule has 0 radical (unpaired) electrons. The van der Waals surface area contributed by atoms with Crippen LogP contribution in [0.25, 0.3) is 10.9 Å². The molecule has 5 aromatic rings. The first-order valence-corrected chi connectivity index (χ1v) is 11.0. The standard InChI is InChI=1S/C28H19F4N3O/c29-23-16-19-18-33-35(25(19)17-24(23)34-26(36)28(30,31)32)27(20-10-4-1-5-11-20,21-12-6-2-7-13-21)22-14-8-3-9-15-22/h1-18H,(H,34,36). The van der Waals surface area contributed by atoms with Gasteiger partial charge in [-0.2, -0.15) is 18.3 Å². The molecule has 4 nitrogen and oxygen atoms in total. The van der Waals surface area contributed by atoms with E-state index in [-0.39, 0.29) is 0 Å². The van der Waals surface area contributed by atoms with E-state index in [0.29, 0.717) is 10.9 Å². The second-order valence-electron chi connectivity index (χ2n) is 8.21. The van der Waals surface area contributed by atoms with Gasteiger partial charge < -0.3 is 5.32 Å². The summed E-state index contributed by atoms with van der Waals surface area (Å²) in [5.74, 6) is -3.25. The molecule has 5 rings (SSSR count). The number of rotatable bonds is 5. The Balaban J connectivity index is 1.84. The van der Waals surface area contributed by atoms with Crippen LogP contribution in [0.15, 0.2) is 109 Å². The fourth-order valence-corrected chi connectivity index (χ4v) is 4.51. The molecular weight excluding hydrogens is 470 g/mol. The largest absolute Gasteiger partial charge is 0.471 e. The maximum absolute atomic E-state index is 14.7. The molecule has 1 heterocycles. The molecule has 36 heavy (non-hydrogen) atoms. The molecule has 0 saturated carbocycles. The maximum Gasteiger partial charge on any atom is 0.471 e. The Bertz CT molecular complexity index is 1420. The molecule has 0 saturated heterocycles. The zero-order valence-electron chi connectivity index (χ0n) is 18.7. The first-order valence-electron chi connectivity index (χ1n) is 11.0. The highest BCUT2D eigenvalue weighted by molar-refractivity contribution is 5.97. The minimum absolute atomic E-state index is 0.338. The molecule has 0 aliphatic heterocycles. The van der Waals surface area contributed by atoms with Crippen molar-refractivity contribution in [2.75, 3.05) is 5.32 Å². The summed E-state index contributed by atoms with van der Waals surface area (Å²) >= 11 is 0. The molecule has 0 bridgehead atoms. The lowest BCUT2D eigenvalue weighted by Gasteiger charge is -2.37. The zero-order chi connectivity index (χ0) is 25.3. The molecule has 4 aromatic carbocycles. The summed E-state index contributed by atoms with van der Waals surface area (Å²) in [6.07, 6.45) is -3.71. The number of carbonyl (C=O) groups excluding carboxylic acids is 1. The fraction of sp³-hybridized carbons (Fsp3) is 0.0714. The first-order chi connectivity index (χ1) is 17.3. The predicted octanol–water partition coefficient (Wildman–Crippen LogP) is 6.52. The van der Waals surface area contributed by atoms with E-state index < -0.39 is 29.1 Å². The molecule has 0 aliphatic rings. The van der Waals surface area contributed by atoms with Crippen molar-refractivity contribution in [2.45, 2.75) is 11.7 Å². The summed E-state index contributed by atoms with van der Waals surface area (Å²) in [7, 11) is 0. The summed E-state index contributed by atoms with van der Waals surface area (Å²) in [6, 6.07) is 30.8. The van der Waals surface area contributed by atoms with Gasteiger partial charge in [0.2, 0.25) is 0 Å². The molecule has 1 aromatic heterocycles. The Morgan fingerprint density at radius 2 is 1.22 bits per heavy atom. The lowest BCUT2D eigenvalue weighted by atomic mass is 9.77. The Kier molecular flexibility index (Phi) is 5.80. The van der Waals surface area contributed by atoms with Gasteiger partial charge in [0.05, 0.1) is 17.4 Å². The number of fused-ring (bicyclic) bond motifs is 1. The monoisotopic (exact) mass is 489 g/mol. The van der Waals surface area contributed by atoms with E-state index >= 15 is 0 Å². The number of alkyl halides is 3. The molecule has 0 fully saturated rings. The van der Waals surface area contributed by atoms with Crippen molar-refractivity contribution < 1.29 is 22.4 Å². The molecule has 1 amide bonds. The van der Waals surface area contributed by atoms with Crippen molar-refractivity contribution in [3.63, 3.8) is 0 Å². The number of nitrogens with one attached hydrogen (secondary N) is 1. The van der Waals surface area contributed by atoms with E-state index in [4.69, 9.17) is 0 Å². The van der Waals surface area contributed by atoms with Crippen LogP contribution in [-0.4, -0.2) is 21.9 Å². The SMILES string of the molecule is O=C(Nc1cc2c(cnn2C(c2ccccc2)(c2ccccc2)c2ccccc2)cc1F)C(F)(F)F. The number of anilines is 1. The van der Waals surface area contributed by atoms with Crippen LogP contribution in [0.4, 0.5) is 23.2 Å². The van der Waals surface area contributed by atoms with E-state index in [1.807, 2.05) is 91.0 Å². The van der Waals surface area contributed by atoms with Crippen molar-refractivity contribution in [3.8, 4) is 0 Å². The van der Waals surface area contributed by atoms with Gasteiger partial charge in [0.15, 0.2) is 0 Å². The Morgan fingerprint density at radius 1 is 0.750 bits per heavy atom. The Labute approximate surface area is 203 Å².